The van der Waals surface area contributed by atoms with Gasteiger partial charge in [-0.15, -0.1) is 0 Å². The first-order chi connectivity index (χ1) is 7.09. The molecule has 2 fully saturated rings. The quantitative estimate of drug-likeness (QED) is 0.797. The highest BCUT2D eigenvalue weighted by Crippen LogP contribution is 2.26. The molecule has 1 N–H and O–H groups in total. The topological polar surface area (TPSA) is 46.2 Å². The molecular formula is C11H21NO2S. The van der Waals surface area contributed by atoms with E-state index in [1.54, 1.807) is 0 Å². The van der Waals surface area contributed by atoms with Gasteiger partial charge in [-0.2, -0.15) is 0 Å². The van der Waals surface area contributed by atoms with Crippen molar-refractivity contribution in [1.29, 1.82) is 0 Å². The highest BCUT2D eigenvalue weighted by atomic mass is 32.2. The zero-order valence-corrected chi connectivity index (χ0v) is 10.2. The number of rotatable bonds is 3. The fourth-order valence-corrected chi connectivity index (χ4v) is 4.60. The molecule has 1 aliphatic carbocycles. The first-order valence-electron chi connectivity index (χ1n) is 6.04. The van der Waals surface area contributed by atoms with Crippen molar-refractivity contribution < 1.29 is 8.42 Å². The molecule has 15 heavy (non-hydrogen) atoms. The lowest BCUT2D eigenvalue weighted by Gasteiger charge is -2.19. The van der Waals surface area contributed by atoms with E-state index in [2.05, 4.69) is 12.2 Å². The fraction of sp³-hybridized carbons (Fsp3) is 1.00. The minimum Gasteiger partial charge on any atom is -0.312 e. The van der Waals surface area contributed by atoms with Gasteiger partial charge >= 0.3 is 0 Å². The molecule has 0 bridgehead atoms. The van der Waals surface area contributed by atoms with Crippen molar-refractivity contribution in [3.63, 3.8) is 0 Å². The average Bonchev–Trinajstić information content (AvgIpc) is 2.69. The molecule has 0 aromatic carbocycles. The summed E-state index contributed by atoms with van der Waals surface area (Å²) in [5.74, 6) is 1.12. The van der Waals surface area contributed by atoms with Crippen LogP contribution >= 0.6 is 0 Å². The second-order valence-corrected chi connectivity index (χ2v) is 7.45. The van der Waals surface area contributed by atoms with E-state index in [4.69, 9.17) is 0 Å². The van der Waals surface area contributed by atoms with Crippen molar-refractivity contribution in [2.45, 2.75) is 50.3 Å². The van der Waals surface area contributed by atoms with Gasteiger partial charge in [0.15, 0.2) is 9.84 Å². The molecule has 0 spiro atoms. The molecule has 0 aromatic rings. The van der Waals surface area contributed by atoms with E-state index in [1.807, 2.05) is 0 Å². The van der Waals surface area contributed by atoms with Crippen molar-refractivity contribution in [3.05, 3.63) is 0 Å². The summed E-state index contributed by atoms with van der Waals surface area (Å²) in [6.45, 7) is 2.94. The minimum atomic E-state index is -2.76. The maximum atomic E-state index is 11.6. The van der Waals surface area contributed by atoms with Crippen molar-refractivity contribution in [2.75, 3.05) is 12.3 Å². The molecule has 1 aliphatic heterocycles. The molecule has 3 atom stereocenters. The molecule has 0 amide bonds. The summed E-state index contributed by atoms with van der Waals surface area (Å²) in [7, 11) is -2.76. The first-order valence-corrected chi connectivity index (χ1v) is 7.76. The van der Waals surface area contributed by atoms with Gasteiger partial charge in [0.05, 0.1) is 11.0 Å². The Bertz CT molecular complexity index is 313. The monoisotopic (exact) mass is 231 g/mol. The molecule has 2 aliphatic rings. The lowest BCUT2D eigenvalue weighted by molar-refractivity contribution is 0.423. The molecule has 1 saturated carbocycles. The van der Waals surface area contributed by atoms with Crippen LogP contribution in [-0.2, 0) is 9.84 Å². The molecule has 3 unspecified atom stereocenters. The van der Waals surface area contributed by atoms with Gasteiger partial charge in [0.2, 0.25) is 0 Å². The summed E-state index contributed by atoms with van der Waals surface area (Å²) in [5.41, 5.74) is 0. The van der Waals surface area contributed by atoms with E-state index in [0.717, 1.165) is 12.8 Å². The molecule has 3 nitrogen and oxygen atoms in total. The van der Waals surface area contributed by atoms with Gasteiger partial charge in [-0.1, -0.05) is 13.3 Å². The molecule has 4 heteroatoms. The van der Waals surface area contributed by atoms with Gasteiger partial charge in [-0.3, -0.25) is 0 Å². The minimum absolute atomic E-state index is 0.106. The van der Waals surface area contributed by atoms with Gasteiger partial charge in [-0.25, -0.2) is 8.42 Å². The van der Waals surface area contributed by atoms with Gasteiger partial charge in [0.25, 0.3) is 0 Å². The van der Waals surface area contributed by atoms with Gasteiger partial charge in [0, 0.05) is 12.6 Å². The Morgan fingerprint density at radius 3 is 2.53 bits per heavy atom. The van der Waals surface area contributed by atoms with E-state index < -0.39 is 9.84 Å². The number of nitrogens with one attached hydrogen (secondary N) is 1. The summed E-state index contributed by atoms with van der Waals surface area (Å²) in [5, 5.41) is 3.34. The summed E-state index contributed by atoms with van der Waals surface area (Å²) in [6, 6.07) is 0.556. The third-order valence-corrected chi connectivity index (χ3v) is 6.21. The first kappa shape index (κ1) is 11.4. The van der Waals surface area contributed by atoms with Gasteiger partial charge in [0.1, 0.15) is 0 Å². The second-order valence-electron chi connectivity index (χ2n) is 5.05. The molecule has 88 valence electrons. The van der Waals surface area contributed by atoms with Crippen molar-refractivity contribution >= 4 is 9.84 Å². The van der Waals surface area contributed by atoms with E-state index >= 15 is 0 Å². The predicted molar refractivity (Wildman–Crippen MR) is 61.6 cm³/mol. The standard InChI is InChI=1S/C11H21NO2S/c1-9-4-2-6-11(9)12-8-10-5-3-7-15(10,13)14/h9-12H,2-8H2,1H3. The maximum absolute atomic E-state index is 11.6. The molecule has 0 radical (unpaired) electrons. The third kappa shape index (κ3) is 2.53. The highest BCUT2D eigenvalue weighted by molar-refractivity contribution is 7.92. The summed E-state index contributed by atoms with van der Waals surface area (Å²) in [4.78, 5) is 0. The normalized spacial score (nSPS) is 39.7. The predicted octanol–water partition coefficient (Wildman–Crippen LogP) is 1.34. The Labute approximate surface area is 92.6 Å². The number of hydrogen-bond donors (Lipinski definition) is 1. The van der Waals surface area contributed by atoms with E-state index in [-0.39, 0.29) is 5.25 Å². The largest absolute Gasteiger partial charge is 0.312 e. The smallest absolute Gasteiger partial charge is 0.154 e. The van der Waals surface area contributed by atoms with Gasteiger partial charge < -0.3 is 5.32 Å². The third-order valence-electron chi connectivity index (χ3n) is 3.93. The zero-order chi connectivity index (χ0) is 10.9. The Balaban J connectivity index is 1.83. The number of sulfone groups is 1. The van der Waals surface area contributed by atoms with Crippen molar-refractivity contribution in [1.82, 2.24) is 5.32 Å². The summed E-state index contributed by atoms with van der Waals surface area (Å²) < 4.78 is 23.2. The SMILES string of the molecule is CC1CCCC1NCC1CCCS1(=O)=O. The Morgan fingerprint density at radius 2 is 2.00 bits per heavy atom. The molecule has 1 heterocycles. The van der Waals surface area contributed by atoms with E-state index in [0.29, 0.717) is 24.3 Å². The molecule has 1 saturated heterocycles. The molecule has 2 rings (SSSR count). The van der Waals surface area contributed by atoms with Crippen LogP contribution in [0.1, 0.15) is 39.0 Å². The summed E-state index contributed by atoms with van der Waals surface area (Å²) >= 11 is 0. The van der Waals surface area contributed by atoms with Crippen LogP contribution < -0.4 is 5.32 Å². The Kier molecular flexibility index (Phi) is 3.36. The summed E-state index contributed by atoms with van der Waals surface area (Å²) in [6.07, 6.45) is 5.50. The van der Waals surface area contributed by atoms with Crippen LogP contribution in [0.2, 0.25) is 0 Å². The van der Waals surface area contributed by atoms with Crippen LogP contribution in [-0.4, -0.2) is 32.0 Å². The molecular weight excluding hydrogens is 210 g/mol. The second kappa shape index (κ2) is 4.42. The van der Waals surface area contributed by atoms with Crippen LogP contribution in [0.15, 0.2) is 0 Å². The van der Waals surface area contributed by atoms with Crippen LogP contribution in [0.3, 0.4) is 0 Å². The van der Waals surface area contributed by atoms with Crippen LogP contribution in [0, 0.1) is 5.92 Å². The van der Waals surface area contributed by atoms with Crippen LogP contribution in [0.25, 0.3) is 0 Å². The molecule has 0 aromatic heterocycles. The van der Waals surface area contributed by atoms with Crippen LogP contribution in [0.4, 0.5) is 0 Å². The van der Waals surface area contributed by atoms with Gasteiger partial charge in [-0.05, 0) is 31.6 Å². The lowest BCUT2D eigenvalue weighted by Crippen LogP contribution is -2.38. The Hall–Kier alpha value is -0.0900. The van der Waals surface area contributed by atoms with Crippen molar-refractivity contribution in [3.8, 4) is 0 Å². The number of hydrogen-bond acceptors (Lipinski definition) is 3. The van der Waals surface area contributed by atoms with E-state index in [9.17, 15) is 8.42 Å². The average molecular weight is 231 g/mol. The van der Waals surface area contributed by atoms with Crippen LogP contribution in [0.5, 0.6) is 0 Å². The zero-order valence-electron chi connectivity index (χ0n) is 9.41. The lowest BCUT2D eigenvalue weighted by atomic mass is 10.1. The highest BCUT2D eigenvalue weighted by Gasteiger charge is 2.32. The fourth-order valence-electron chi connectivity index (χ4n) is 2.82. The maximum Gasteiger partial charge on any atom is 0.154 e. The van der Waals surface area contributed by atoms with E-state index in [1.165, 1.54) is 19.3 Å². The Morgan fingerprint density at radius 1 is 1.20 bits per heavy atom. The van der Waals surface area contributed by atoms with Crippen molar-refractivity contribution in [2.24, 2.45) is 5.92 Å².